The summed E-state index contributed by atoms with van der Waals surface area (Å²) < 4.78 is 0. The van der Waals surface area contributed by atoms with Crippen LogP contribution in [0.5, 0.6) is 0 Å². The van der Waals surface area contributed by atoms with Gasteiger partial charge in [-0.3, -0.25) is 10.2 Å². The van der Waals surface area contributed by atoms with Crippen LogP contribution >= 0.6 is 11.6 Å². The third kappa shape index (κ3) is 6.58. The summed E-state index contributed by atoms with van der Waals surface area (Å²) in [5, 5.41) is 10.9. The first-order chi connectivity index (χ1) is 11.0. The number of nitrogens with two attached hydrogens (primary N) is 1. The Labute approximate surface area is 140 Å². The number of halogens is 1. The minimum absolute atomic E-state index is 0.0259. The van der Waals surface area contributed by atoms with E-state index < -0.39 is 5.91 Å². The summed E-state index contributed by atoms with van der Waals surface area (Å²) >= 11 is 5.85. The summed E-state index contributed by atoms with van der Waals surface area (Å²) in [5.41, 5.74) is 6.72. The first-order valence-corrected chi connectivity index (χ1v) is 6.97. The first-order valence-electron chi connectivity index (χ1n) is 6.59. The van der Waals surface area contributed by atoms with Crippen LogP contribution < -0.4 is 11.1 Å². The van der Waals surface area contributed by atoms with Crippen LogP contribution in [0.2, 0.25) is 5.02 Å². The Morgan fingerprint density at radius 1 is 1.35 bits per heavy atom. The molecule has 0 unspecified atom stereocenters. The molecule has 0 saturated heterocycles. The Kier molecular flexibility index (Phi) is 7.23. The van der Waals surface area contributed by atoms with E-state index in [-0.39, 0.29) is 11.7 Å². The van der Waals surface area contributed by atoms with Crippen molar-refractivity contribution in [2.45, 2.75) is 0 Å². The molecule has 0 spiro atoms. The van der Waals surface area contributed by atoms with Gasteiger partial charge in [-0.05, 0) is 30.4 Å². The number of nitrogens with one attached hydrogen (secondary N) is 2. The maximum absolute atomic E-state index is 11.7. The molecule has 0 saturated carbocycles. The summed E-state index contributed by atoms with van der Waals surface area (Å²) in [7, 11) is 0. The molecular formula is C17H17ClN4O. The van der Waals surface area contributed by atoms with Gasteiger partial charge in [0.15, 0.2) is 5.84 Å². The fraction of sp³-hybridized carbons (Fsp3) is 0. The molecule has 5 nitrogen and oxygen atoms in total. The van der Waals surface area contributed by atoms with Gasteiger partial charge in [0.25, 0.3) is 0 Å². The highest BCUT2D eigenvalue weighted by Gasteiger charge is 2.01. The van der Waals surface area contributed by atoms with E-state index in [1.807, 2.05) is 0 Å². The number of aliphatic imine (C=N–C) groups is 1. The third-order valence-electron chi connectivity index (χ3n) is 2.53. The molecule has 0 aromatic heterocycles. The number of hydrogen-bond acceptors (Lipinski definition) is 2. The zero-order valence-corrected chi connectivity index (χ0v) is 13.2. The molecule has 0 aliphatic rings. The van der Waals surface area contributed by atoms with Gasteiger partial charge in [-0.25, -0.2) is 4.99 Å². The maximum atomic E-state index is 11.7. The smallest absolute Gasteiger partial charge is 0.248 e. The average Bonchev–Trinajstić information content (AvgIpc) is 2.52. The minimum atomic E-state index is -0.398. The second-order valence-corrected chi connectivity index (χ2v) is 4.72. The highest BCUT2D eigenvalue weighted by molar-refractivity contribution is 6.31. The average molecular weight is 329 g/mol. The molecule has 1 rings (SSSR count). The third-order valence-corrected chi connectivity index (χ3v) is 2.76. The zero-order chi connectivity index (χ0) is 17.2. The Morgan fingerprint density at radius 3 is 2.70 bits per heavy atom. The van der Waals surface area contributed by atoms with E-state index in [1.165, 1.54) is 24.3 Å². The number of nitrogens with zero attached hydrogens (tertiary/aromatic N) is 1. The van der Waals surface area contributed by atoms with Crippen LogP contribution in [0, 0.1) is 5.41 Å². The monoisotopic (exact) mass is 328 g/mol. The molecule has 1 aromatic rings. The number of carbonyl (C=O) groups is 1. The van der Waals surface area contributed by atoms with Gasteiger partial charge in [-0.1, -0.05) is 43.0 Å². The van der Waals surface area contributed by atoms with Gasteiger partial charge in [0.2, 0.25) is 5.91 Å². The van der Waals surface area contributed by atoms with Gasteiger partial charge >= 0.3 is 0 Å². The highest BCUT2D eigenvalue weighted by Crippen LogP contribution is 2.11. The normalized spacial score (nSPS) is 12.0. The quantitative estimate of drug-likeness (QED) is 0.324. The Hall–Kier alpha value is -2.92. The van der Waals surface area contributed by atoms with Gasteiger partial charge in [0, 0.05) is 22.4 Å². The standard InChI is InChI=1S/C17H17ClN4O/c1-3-6-14(4-2)21-16(23)10-9-15(19)22-17(20)12-7-5-8-13(18)11-12/h3-11H,1-2H2,(H,21,23)(H3,19,20,22)/b10-9-,14-6+. The predicted octanol–water partition coefficient (Wildman–Crippen LogP) is 2.95. The fourth-order valence-corrected chi connectivity index (χ4v) is 1.69. The van der Waals surface area contributed by atoms with Crippen LogP contribution in [0.1, 0.15) is 5.56 Å². The zero-order valence-electron chi connectivity index (χ0n) is 12.4. The van der Waals surface area contributed by atoms with E-state index in [0.717, 1.165) is 0 Å². The van der Waals surface area contributed by atoms with Crippen molar-refractivity contribution >= 4 is 29.2 Å². The molecule has 0 atom stereocenters. The summed E-state index contributed by atoms with van der Waals surface area (Å²) in [6, 6.07) is 6.71. The van der Waals surface area contributed by atoms with Gasteiger partial charge in [-0.15, -0.1) is 0 Å². The van der Waals surface area contributed by atoms with Gasteiger partial charge < -0.3 is 11.1 Å². The second kappa shape index (κ2) is 9.17. The molecular weight excluding hydrogens is 312 g/mol. The lowest BCUT2D eigenvalue weighted by Gasteiger charge is -2.01. The van der Waals surface area contributed by atoms with Crippen LogP contribution in [0.15, 0.2) is 78.5 Å². The number of amidine groups is 2. The van der Waals surface area contributed by atoms with Crippen LogP contribution in [-0.2, 0) is 4.79 Å². The van der Waals surface area contributed by atoms with E-state index in [9.17, 15) is 4.79 Å². The molecule has 0 aliphatic carbocycles. The van der Waals surface area contributed by atoms with Crippen LogP contribution in [0.4, 0.5) is 0 Å². The van der Waals surface area contributed by atoms with Crippen LogP contribution in [0.3, 0.4) is 0 Å². The van der Waals surface area contributed by atoms with Gasteiger partial charge in [0.05, 0.1) is 0 Å². The predicted molar refractivity (Wildman–Crippen MR) is 95.7 cm³/mol. The topological polar surface area (TPSA) is 91.3 Å². The molecule has 1 amide bonds. The summed E-state index contributed by atoms with van der Waals surface area (Å²) in [5.74, 6) is -0.420. The largest absolute Gasteiger partial charge is 0.384 e. The first kappa shape index (κ1) is 18.1. The van der Waals surface area contributed by atoms with Crippen molar-refractivity contribution in [3.63, 3.8) is 0 Å². The van der Waals surface area contributed by atoms with E-state index in [1.54, 1.807) is 30.3 Å². The van der Waals surface area contributed by atoms with E-state index in [2.05, 4.69) is 23.5 Å². The molecule has 1 aromatic carbocycles. The second-order valence-electron chi connectivity index (χ2n) is 4.28. The van der Waals surface area contributed by atoms with Crippen molar-refractivity contribution in [1.29, 1.82) is 5.41 Å². The van der Waals surface area contributed by atoms with Gasteiger partial charge in [-0.2, -0.15) is 0 Å². The van der Waals surface area contributed by atoms with Crippen molar-refractivity contribution in [2.24, 2.45) is 10.7 Å². The molecule has 0 bridgehead atoms. The van der Waals surface area contributed by atoms with Crippen molar-refractivity contribution in [3.05, 3.63) is 84.1 Å². The lowest BCUT2D eigenvalue weighted by atomic mass is 10.2. The van der Waals surface area contributed by atoms with Crippen LogP contribution in [0.25, 0.3) is 0 Å². The van der Waals surface area contributed by atoms with E-state index >= 15 is 0 Å². The van der Waals surface area contributed by atoms with Crippen molar-refractivity contribution < 1.29 is 4.79 Å². The maximum Gasteiger partial charge on any atom is 0.248 e. The SMILES string of the molecule is C=C/C=C(\C=C)NC(=O)/C=C\C(N)=NC(=N)c1cccc(Cl)c1. The number of hydrogen-bond donors (Lipinski definition) is 3. The molecule has 6 heteroatoms. The molecule has 118 valence electrons. The summed E-state index contributed by atoms with van der Waals surface area (Å²) in [6.07, 6.45) is 7.14. The number of carbonyl (C=O) groups excluding carboxylic acids is 1. The molecule has 0 heterocycles. The van der Waals surface area contributed by atoms with Crippen LogP contribution in [-0.4, -0.2) is 17.6 Å². The highest BCUT2D eigenvalue weighted by atomic mass is 35.5. The lowest BCUT2D eigenvalue weighted by molar-refractivity contribution is -0.115. The number of rotatable bonds is 6. The lowest BCUT2D eigenvalue weighted by Crippen LogP contribution is -2.20. The summed E-state index contributed by atoms with van der Waals surface area (Å²) in [4.78, 5) is 15.6. The van der Waals surface area contributed by atoms with Crippen molar-refractivity contribution in [3.8, 4) is 0 Å². The number of allylic oxidation sites excluding steroid dienone is 3. The van der Waals surface area contributed by atoms with Crippen molar-refractivity contribution in [1.82, 2.24) is 5.32 Å². The molecule has 0 fully saturated rings. The summed E-state index contributed by atoms with van der Waals surface area (Å²) in [6.45, 7) is 7.10. The fourth-order valence-electron chi connectivity index (χ4n) is 1.50. The minimum Gasteiger partial charge on any atom is -0.384 e. The van der Waals surface area contributed by atoms with Crippen molar-refractivity contribution in [2.75, 3.05) is 0 Å². The van der Waals surface area contributed by atoms with Gasteiger partial charge in [0.1, 0.15) is 5.84 Å². The Bertz CT molecular complexity index is 717. The van der Waals surface area contributed by atoms with E-state index in [4.69, 9.17) is 22.7 Å². The van der Waals surface area contributed by atoms with E-state index in [0.29, 0.717) is 16.3 Å². The Balaban J connectivity index is 2.74. The molecule has 23 heavy (non-hydrogen) atoms. The number of benzene rings is 1. The molecule has 0 radical (unpaired) electrons. The molecule has 0 aliphatic heterocycles. The molecule has 4 N–H and O–H groups in total. The Morgan fingerprint density at radius 2 is 2.09 bits per heavy atom. The number of amides is 1.